The van der Waals surface area contributed by atoms with Gasteiger partial charge in [-0.05, 0) is 0 Å². The molecule has 0 amide bonds. The topological polar surface area (TPSA) is 77.8 Å². The number of hydrogen-bond donors (Lipinski definition) is 3. The molecule has 0 aliphatic carbocycles. The van der Waals surface area contributed by atoms with E-state index in [0.29, 0.717) is 0 Å². The Bertz CT molecular complexity index is 62.2. The standard InChI is InChI=1S/Mo.Na.H3O4P.H/c;;1-5(2,3)4;/h;;(H3,1,2,3,4);/q;+1;;-1. The Hall–Kier alpha value is 1.80. The second-order valence-corrected chi connectivity index (χ2v) is 1.54. The second-order valence-electron chi connectivity index (χ2n) is 0.513. The molecule has 0 atom stereocenters. The molecular formula is H4MoNaO4P. The van der Waals surface area contributed by atoms with Crippen molar-refractivity contribution in [2.24, 2.45) is 0 Å². The van der Waals surface area contributed by atoms with Crippen molar-refractivity contribution in [3.05, 3.63) is 0 Å². The third-order valence-corrected chi connectivity index (χ3v) is 0. The molecule has 0 saturated carbocycles. The van der Waals surface area contributed by atoms with E-state index in [2.05, 4.69) is 0 Å². The molecule has 7 heteroatoms. The molecule has 4 nitrogen and oxygen atoms in total. The zero-order chi connectivity index (χ0) is 4.50. The van der Waals surface area contributed by atoms with Gasteiger partial charge in [-0.25, -0.2) is 4.57 Å². The van der Waals surface area contributed by atoms with E-state index in [1.165, 1.54) is 0 Å². The number of hydrogen-bond acceptors (Lipinski definition) is 1. The van der Waals surface area contributed by atoms with Crippen LogP contribution in [0.25, 0.3) is 0 Å². The van der Waals surface area contributed by atoms with Crippen LogP contribution in [0.1, 0.15) is 1.43 Å². The molecule has 0 saturated heterocycles. The van der Waals surface area contributed by atoms with E-state index in [0.717, 1.165) is 0 Å². The van der Waals surface area contributed by atoms with Crippen LogP contribution in [-0.2, 0) is 25.6 Å². The van der Waals surface area contributed by atoms with Crippen molar-refractivity contribution >= 4 is 7.82 Å². The Morgan fingerprint density at radius 3 is 1.29 bits per heavy atom. The quantitative estimate of drug-likeness (QED) is 0.287. The maximum atomic E-state index is 8.88. The van der Waals surface area contributed by atoms with Gasteiger partial charge in [0.2, 0.25) is 0 Å². The second kappa shape index (κ2) is 5.93. The van der Waals surface area contributed by atoms with Crippen molar-refractivity contribution < 1.29 is 71.3 Å². The third-order valence-electron chi connectivity index (χ3n) is 0. The molecule has 0 radical (unpaired) electrons. The summed E-state index contributed by atoms with van der Waals surface area (Å²) in [5.41, 5.74) is 0. The first-order valence-electron chi connectivity index (χ1n) is 0.783. The van der Waals surface area contributed by atoms with Crippen molar-refractivity contribution in [3.8, 4) is 0 Å². The van der Waals surface area contributed by atoms with E-state index in [-0.39, 0.29) is 52.0 Å². The predicted octanol–water partition coefficient (Wildman–Crippen LogP) is -3.81. The molecule has 0 fully saturated rings. The van der Waals surface area contributed by atoms with Gasteiger partial charge in [-0.3, -0.25) is 0 Å². The maximum absolute atomic E-state index is 8.88. The van der Waals surface area contributed by atoms with Gasteiger partial charge < -0.3 is 16.1 Å². The zero-order valence-corrected chi connectivity index (χ0v) is 8.51. The van der Waals surface area contributed by atoms with E-state index in [1.807, 2.05) is 0 Å². The van der Waals surface area contributed by atoms with E-state index < -0.39 is 7.82 Å². The van der Waals surface area contributed by atoms with Crippen LogP contribution in [0.5, 0.6) is 0 Å². The van der Waals surface area contributed by atoms with Gasteiger partial charge in [-0.2, -0.15) is 0 Å². The van der Waals surface area contributed by atoms with Gasteiger partial charge in [-0.15, -0.1) is 0 Å². The summed E-state index contributed by atoms with van der Waals surface area (Å²) >= 11 is 0. The fourth-order valence-electron chi connectivity index (χ4n) is 0. The van der Waals surface area contributed by atoms with Crippen molar-refractivity contribution in [1.82, 2.24) is 0 Å². The molecule has 0 aliphatic rings. The molecule has 0 aromatic carbocycles. The first kappa shape index (κ1) is 15.9. The summed E-state index contributed by atoms with van der Waals surface area (Å²) in [7, 11) is -4.64. The zero-order valence-electron chi connectivity index (χ0n) is 4.61. The fourth-order valence-corrected chi connectivity index (χ4v) is 0. The van der Waals surface area contributed by atoms with Crippen molar-refractivity contribution in [1.29, 1.82) is 0 Å². The van der Waals surface area contributed by atoms with Gasteiger partial charge in [0.25, 0.3) is 0 Å². The Morgan fingerprint density at radius 1 is 1.29 bits per heavy atom. The van der Waals surface area contributed by atoms with E-state index >= 15 is 0 Å². The summed E-state index contributed by atoms with van der Waals surface area (Å²) in [4.78, 5) is 21.6. The Labute approximate surface area is 78.6 Å². The van der Waals surface area contributed by atoms with Gasteiger partial charge in [-0.1, -0.05) is 0 Å². The number of phosphoric acid groups is 1. The van der Waals surface area contributed by atoms with E-state index in [9.17, 15) is 0 Å². The van der Waals surface area contributed by atoms with Gasteiger partial charge >= 0.3 is 37.4 Å². The molecular weight excluding hydrogens is 214 g/mol. The Balaban J connectivity index is -0.0000000267. The van der Waals surface area contributed by atoms with Crippen molar-refractivity contribution in [2.45, 2.75) is 0 Å². The van der Waals surface area contributed by atoms with Gasteiger partial charge in [0.1, 0.15) is 0 Å². The van der Waals surface area contributed by atoms with Crippen LogP contribution < -0.4 is 29.6 Å². The molecule has 3 N–H and O–H groups in total. The monoisotopic (exact) mass is 220 g/mol. The minimum atomic E-state index is -4.64. The van der Waals surface area contributed by atoms with Crippen LogP contribution in [0.2, 0.25) is 0 Å². The molecule has 0 aliphatic heterocycles. The van der Waals surface area contributed by atoms with Crippen LogP contribution in [0, 0.1) is 0 Å². The molecule has 0 bridgehead atoms. The third kappa shape index (κ3) is 81.1. The van der Waals surface area contributed by atoms with Crippen LogP contribution in [-0.4, -0.2) is 14.7 Å². The van der Waals surface area contributed by atoms with Crippen LogP contribution >= 0.6 is 7.82 Å². The Kier molecular flexibility index (Phi) is 13.5. The van der Waals surface area contributed by atoms with Crippen molar-refractivity contribution in [3.63, 3.8) is 0 Å². The smallest absolute Gasteiger partial charge is 1.00 e. The van der Waals surface area contributed by atoms with Gasteiger partial charge in [0.05, 0.1) is 0 Å². The predicted molar refractivity (Wildman–Crippen MR) is 15.4 cm³/mol. The molecule has 0 unspecified atom stereocenters. The first-order chi connectivity index (χ1) is 2.00. The van der Waals surface area contributed by atoms with Crippen LogP contribution in [0.15, 0.2) is 0 Å². The minimum absolute atomic E-state index is 0. The molecule has 0 aromatic heterocycles. The Morgan fingerprint density at radius 2 is 1.29 bits per heavy atom. The summed E-state index contributed by atoms with van der Waals surface area (Å²) in [6.07, 6.45) is 0. The summed E-state index contributed by atoms with van der Waals surface area (Å²) in [6, 6.07) is 0. The van der Waals surface area contributed by atoms with Crippen LogP contribution in [0.4, 0.5) is 0 Å². The molecule has 0 heterocycles. The summed E-state index contributed by atoms with van der Waals surface area (Å²) in [5.74, 6) is 0. The number of rotatable bonds is 0. The van der Waals surface area contributed by atoms with Gasteiger partial charge in [0, 0.05) is 21.1 Å². The van der Waals surface area contributed by atoms with Gasteiger partial charge in [0.15, 0.2) is 0 Å². The van der Waals surface area contributed by atoms with E-state index in [1.54, 1.807) is 0 Å². The summed E-state index contributed by atoms with van der Waals surface area (Å²) in [5, 5.41) is 0. The van der Waals surface area contributed by atoms with Crippen LogP contribution in [0.3, 0.4) is 0 Å². The fraction of sp³-hybridized carbons (Fsp3) is 0. The minimum Gasteiger partial charge on any atom is -1.00 e. The first-order valence-corrected chi connectivity index (χ1v) is 2.35. The molecule has 7 heavy (non-hydrogen) atoms. The largest absolute Gasteiger partial charge is 1.00 e. The SMILES string of the molecule is O=P(O)(O)O.[H-].[Mo].[Na+]. The van der Waals surface area contributed by atoms with Crippen molar-refractivity contribution in [2.75, 3.05) is 0 Å². The molecule has 0 spiro atoms. The molecule has 0 rings (SSSR count). The summed E-state index contributed by atoms with van der Waals surface area (Å²) in [6.45, 7) is 0. The molecule has 40 valence electrons. The van der Waals surface area contributed by atoms with E-state index in [4.69, 9.17) is 19.2 Å². The molecule has 0 aromatic rings. The average Bonchev–Trinajstić information content (AvgIpc) is 0.722. The maximum Gasteiger partial charge on any atom is 1.00 e. The average molecular weight is 218 g/mol. The normalized spacial score (nSPS) is 8.43. The summed E-state index contributed by atoms with van der Waals surface area (Å²) < 4.78 is 8.88.